The monoisotopic (exact) mass is 403 g/mol. The van der Waals surface area contributed by atoms with Crippen LogP contribution >= 0.6 is 0 Å². The standard InChI is InChI=1S/C23H21N3O4/c24-22(25)16-6-4-7-17(12-16)26-14-21(30-23(26)27)15-28-19-10-5-11-20(13-19)29-18-8-2-1-3-9-18/h1-13,21H,14-15H2,(H3,24,25). The quantitative estimate of drug-likeness (QED) is 0.456. The fourth-order valence-electron chi connectivity index (χ4n) is 3.10. The van der Waals surface area contributed by atoms with Crippen LogP contribution in [0.5, 0.6) is 17.2 Å². The van der Waals surface area contributed by atoms with Gasteiger partial charge in [0.15, 0.2) is 6.10 Å². The van der Waals surface area contributed by atoms with Gasteiger partial charge in [0.25, 0.3) is 0 Å². The third-order valence-corrected chi connectivity index (χ3v) is 4.56. The van der Waals surface area contributed by atoms with Crippen molar-refractivity contribution in [2.75, 3.05) is 18.1 Å². The van der Waals surface area contributed by atoms with E-state index in [1.54, 1.807) is 30.3 Å². The van der Waals surface area contributed by atoms with Crippen molar-refractivity contribution >= 4 is 17.6 Å². The van der Waals surface area contributed by atoms with Crippen molar-refractivity contribution in [2.45, 2.75) is 6.10 Å². The molecule has 1 aliphatic rings. The molecule has 1 atom stereocenters. The van der Waals surface area contributed by atoms with Crippen LogP contribution in [0.2, 0.25) is 0 Å². The normalized spacial score (nSPS) is 15.5. The van der Waals surface area contributed by atoms with Crippen LogP contribution in [0.15, 0.2) is 78.9 Å². The number of benzene rings is 3. The third-order valence-electron chi connectivity index (χ3n) is 4.56. The molecule has 7 heteroatoms. The summed E-state index contributed by atoms with van der Waals surface area (Å²) in [6.07, 6.45) is -0.873. The van der Waals surface area contributed by atoms with Gasteiger partial charge in [-0.25, -0.2) is 4.79 Å². The van der Waals surface area contributed by atoms with Crippen LogP contribution in [0, 0.1) is 5.41 Å². The van der Waals surface area contributed by atoms with Gasteiger partial charge in [-0.3, -0.25) is 10.3 Å². The largest absolute Gasteiger partial charge is 0.490 e. The van der Waals surface area contributed by atoms with Crippen LogP contribution in [0.3, 0.4) is 0 Å². The minimum absolute atomic E-state index is 0.0538. The number of nitrogens with one attached hydrogen (secondary N) is 1. The summed E-state index contributed by atoms with van der Waals surface area (Å²) >= 11 is 0. The summed E-state index contributed by atoms with van der Waals surface area (Å²) in [6.45, 7) is 0.559. The van der Waals surface area contributed by atoms with Gasteiger partial charge in [0.05, 0.1) is 6.54 Å². The molecule has 0 aliphatic carbocycles. The summed E-state index contributed by atoms with van der Waals surface area (Å²) in [5.74, 6) is 1.96. The molecule has 0 aromatic heterocycles. The van der Waals surface area contributed by atoms with E-state index in [0.717, 1.165) is 5.75 Å². The van der Waals surface area contributed by atoms with Crippen LogP contribution in [-0.2, 0) is 4.74 Å². The number of rotatable bonds is 7. The van der Waals surface area contributed by atoms with Gasteiger partial charge in [-0.1, -0.05) is 36.4 Å². The van der Waals surface area contributed by atoms with Gasteiger partial charge in [0, 0.05) is 17.3 Å². The summed E-state index contributed by atoms with van der Waals surface area (Å²) in [5, 5.41) is 7.55. The summed E-state index contributed by atoms with van der Waals surface area (Å²) in [7, 11) is 0. The molecule has 3 aromatic rings. The van der Waals surface area contributed by atoms with E-state index in [1.165, 1.54) is 4.90 Å². The third kappa shape index (κ3) is 4.52. The average Bonchev–Trinajstić information content (AvgIpc) is 3.14. The molecule has 1 fully saturated rings. The first-order chi connectivity index (χ1) is 14.6. The average molecular weight is 403 g/mol. The highest BCUT2D eigenvalue weighted by Gasteiger charge is 2.33. The van der Waals surface area contributed by atoms with Crippen LogP contribution in [-0.4, -0.2) is 31.2 Å². The van der Waals surface area contributed by atoms with Gasteiger partial charge < -0.3 is 19.9 Å². The molecule has 1 amide bonds. The topological polar surface area (TPSA) is 97.9 Å². The zero-order chi connectivity index (χ0) is 20.9. The number of anilines is 1. The molecule has 1 aliphatic heterocycles. The van der Waals surface area contributed by atoms with Gasteiger partial charge in [-0.2, -0.15) is 0 Å². The van der Waals surface area contributed by atoms with Gasteiger partial charge in [-0.05, 0) is 36.4 Å². The van der Waals surface area contributed by atoms with Crippen molar-refractivity contribution < 1.29 is 19.0 Å². The van der Waals surface area contributed by atoms with E-state index in [2.05, 4.69) is 0 Å². The number of hydrogen-bond donors (Lipinski definition) is 2. The number of hydrogen-bond acceptors (Lipinski definition) is 5. The first-order valence-electron chi connectivity index (χ1n) is 9.47. The maximum absolute atomic E-state index is 12.3. The lowest BCUT2D eigenvalue weighted by Crippen LogP contribution is -2.27. The van der Waals surface area contributed by atoms with E-state index < -0.39 is 12.2 Å². The summed E-state index contributed by atoms with van der Waals surface area (Å²) in [5.41, 5.74) is 6.72. The zero-order valence-electron chi connectivity index (χ0n) is 16.2. The van der Waals surface area contributed by atoms with Crippen LogP contribution in [0.25, 0.3) is 0 Å². The molecule has 3 N–H and O–H groups in total. The van der Waals surface area contributed by atoms with Crippen LogP contribution in [0.4, 0.5) is 10.5 Å². The molecule has 0 spiro atoms. The Bertz CT molecular complexity index is 1060. The van der Waals surface area contributed by atoms with E-state index in [-0.39, 0.29) is 12.4 Å². The number of carbonyl (C=O) groups excluding carboxylic acids is 1. The number of ether oxygens (including phenoxy) is 3. The Morgan fingerprint density at radius 3 is 2.53 bits per heavy atom. The van der Waals surface area contributed by atoms with E-state index >= 15 is 0 Å². The van der Waals surface area contributed by atoms with E-state index in [9.17, 15) is 4.79 Å². The molecule has 152 valence electrons. The molecule has 0 radical (unpaired) electrons. The van der Waals surface area contributed by atoms with Crippen LogP contribution < -0.4 is 20.1 Å². The highest BCUT2D eigenvalue weighted by atomic mass is 16.6. The number of nitrogen functional groups attached to an aromatic ring is 1. The molecule has 1 unspecified atom stereocenters. The number of amidine groups is 1. The lowest BCUT2D eigenvalue weighted by Gasteiger charge is -2.14. The summed E-state index contributed by atoms with van der Waals surface area (Å²) in [4.78, 5) is 13.8. The second-order valence-electron chi connectivity index (χ2n) is 6.78. The molecule has 1 heterocycles. The van der Waals surface area contributed by atoms with E-state index in [1.807, 2.05) is 48.5 Å². The maximum Gasteiger partial charge on any atom is 0.414 e. The minimum atomic E-state index is -0.453. The highest BCUT2D eigenvalue weighted by molar-refractivity contribution is 5.97. The molecule has 7 nitrogen and oxygen atoms in total. The van der Waals surface area contributed by atoms with E-state index in [0.29, 0.717) is 29.3 Å². The maximum atomic E-state index is 12.3. The summed E-state index contributed by atoms with van der Waals surface area (Å²) in [6, 6.07) is 23.7. The molecular formula is C23H21N3O4. The Kier molecular flexibility index (Phi) is 5.52. The Hall–Kier alpha value is -4.00. The lowest BCUT2D eigenvalue weighted by atomic mass is 10.1. The number of carbonyl (C=O) groups is 1. The predicted molar refractivity (Wildman–Crippen MR) is 114 cm³/mol. The van der Waals surface area contributed by atoms with Crippen LogP contribution in [0.1, 0.15) is 5.56 Å². The first-order valence-corrected chi connectivity index (χ1v) is 9.47. The summed E-state index contributed by atoms with van der Waals surface area (Å²) < 4.78 is 17.1. The second kappa shape index (κ2) is 8.57. The second-order valence-corrected chi connectivity index (χ2v) is 6.78. The van der Waals surface area contributed by atoms with Crippen molar-refractivity contribution in [1.82, 2.24) is 0 Å². The Morgan fingerprint density at radius 1 is 1.00 bits per heavy atom. The number of amides is 1. The number of para-hydroxylation sites is 1. The van der Waals surface area contributed by atoms with Gasteiger partial charge in [0.1, 0.15) is 29.7 Å². The smallest absolute Gasteiger partial charge is 0.414 e. The van der Waals surface area contributed by atoms with Gasteiger partial charge in [0.2, 0.25) is 0 Å². The molecule has 4 rings (SSSR count). The Labute approximate surface area is 174 Å². The van der Waals surface area contributed by atoms with Crippen molar-refractivity contribution in [3.05, 3.63) is 84.4 Å². The Morgan fingerprint density at radius 2 is 1.73 bits per heavy atom. The van der Waals surface area contributed by atoms with Gasteiger partial charge in [-0.15, -0.1) is 0 Å². The van der Waals surface area contributed by atoms with Crippen molar-refractivity contribution in [3.63, 3.8) is 0 Å². The molecule has 0 bridgehead atoms. The van der Waals surface area contributed by atoms with Gasteiger partial charge >= 0.3 is 6.09 Å². The molecule has 3 aromatic carbocycles. The Balaban J connectivity index is 1.37. The zero-order valence-corrected chi connectivity index (χ0v) is 16.2. The number of nitrogens with zero attached hydrogens (tertiary/aromatic N) is 1. The van der Waals surface area contributed by atoms with Crippen molar-refractivity contribution in [2.24, 2.45) is 5.73 Å². The fourth-order valence-corrected chi connectivity index (χ4v) is 3.10. The van der Waals surface area contributed by atoms with Crippen molar-refractivity contribution in [3.8, 4) is 17.2 Å². The SMILES string of the molecule is N=C(N)c1cccc(N2CC(COc3cccc(Oc4ccccc4)c3)OC2=O)c1. The molecular weight excluding hydrogens is 382 g/mol. The highest BCUT2D eigenvalue weighted by Crippen LogP contribution is 2.26. The number of cyclic esters (lactones) is 1. The first kappa shape index (κ1) is 19.3. The number of nitrogens with two attached hydrogens (primary N) is 1. The molecule has 30 heavy (non-hydrogen) atoms. The van der Waals surface area contributed by atoms with Crippen molar-refractivity contribution in [1.29, 1.82) is 5.41 Å². The minimum Gasteiger partial charge on any atom is -0.490 e. The molecule has 0 saturated carbocycles. The predicted octanol–water partition coefficient (Wildman–Crippen LogP) is 4.17. The van der Waals surface area contributed by atoms with E-state index in [4.69, 9.17) is 25.4 Å². The fraction of sp³-hybridized carbons (Fsp3) is 0.130. The molecule has 1 saturated heterocycles. The lowest BCUT2D eigenvalue weighted by molar-refractivity contribution is 0.105.